The number of rotatable bonds is 5. The summed E-state index contributed by atoms with van der Waals surface area (Å²) in [5.74, 6) is -0.816. The first-order valence-electron chi connectivity index (χ1n) is 7.05. The zero-order valence-corrected chi connectivity index (χ0v) is 12.5. The number of nitrogens with two attached hydrogens (primary N) is 1. The van der Waals surface area contributed by atoms with E-state index in [1.165, 1.54) is 12.1 Å². The topological polar surface area (TPSA) is 72.9 Å². The molecule has 1 heterocycles. The fraction of sp³-hybridized carbons (Fsp3) is 0.333. The van der Waals surface area contributed by atoms with Gasteiger partial charge in [-0.3, -0.25) is 4.79 Å². The maximum Gasteiger partial charge on any atom is 0.434 e. The molecule has 0 atom stereocenters. The number of carbonyl (C=O) groups excluding carboxylic acids is 1. The number of aryl methyl sites for hydroxylation is 1. The van der Waals surface area contributed by atoms with Gasteiger partial charge >= 0.3 is 6.18 Å². The Bertz CT molecular complexity index is 677. The quantitative estimate of drug-likeness (QED) is 0.828. The highest BCUT2D eigenvalue weighted by molar-refractivity contribution is 5.95. The van der Waals surface area contributed by atoms with Gasteiger partial charge in [0.1, 0.15) is 0 Å². The Balaban J connectivity index is 2.41. The fourth-order valence-corrected chi connectivity index (χ4v) is 2.07. The molecule has 0 spiro atoms. The van der Waals surface area contributed by atoms with Gasteiger partial charge in [-0.05, 0) is 32.0 Å². The lowest BCUT2D eigenvalue weighted by Crippen LogP contribution is -2.28. The van der Waals surface area contributed by atoms with E-state index in [1.54, 1.807) is 12.1 Å². The number of benzene rings is 1. The van der Waals surface area contributed by atoms with E-state index in [-0.39, 0.29) is 12.2 Å². The van der Waals surface area contributed by atoms with Crippen molar-refractivity contribution < 1.29 is 18.0 Å². The van der Waals surface area contributed by atoms with Gasteiger partial charge in [-0.15, -0.1) is 0 Å². The molecule has 0 unspecified atom stereocenters. The van der Waals surface area contributed by atoms with Crippen molar-refractivity contribution in [3.05, 3.63) is 47.3 Å². The summed E-state index contributed by atoms with van der Waals surface area (Å²) in [5.41, 5.74) is 4.85. The number of carbonyl (C=O) groups is 1. The molecule has 0 aliphatic heterocycles. The van der Waals surface area contributed by atoms with Gasteiger partial charge in [0.25, 0.3) is 5.91 Å². The van der Waals surface area contributed by atoms with Crippen molar-refractivity contribution >= 4 is 5.91 Å². The van der Waals surface area contributed by atoms with Gasteiger partial charge in [-0.25, -0.2) is 4.68 Å². The lowest BCUT2D eigenvalue weighted by Gasteiger charge is -2.13. The van der Waals surface area contributed by atoms with Crippen LogP contribution in [0.15, 0.2) is 30.5 Å². The van der Waals surface area contributed by atoms with Crippen LogP contribution in [0, 0.1) is 6.92 Å². The Kier molecular flexibility index (Phi) is 5.05. The van der Waals surface area contributed by atoms with Crippen LogP contribution in [0.4, 0.5) is 13.2 Å². The van der Waals surface area contributed by atoms with Gasteiger partial charge in [-0.1, -0.05) is 17.7 Å². The second kappa shape index (κ2) is 6.82. The minimum atomic E-state index is -4.71. The number of amides is 1. The molecule has 0 bridgehead atoms. The number of nitrogens with zero attached hydrogens (tertiary/aromatic N) is 2. The number of nitrogens with one attached hydrogen (secondary N) is 1. The first-order valence-corrected chi connectivity index (χ1v) is 7.05. The highest BCUT2D eigenvalue weighted by Crippen LogP contribution is 2.33. The average molecular weight is 326 g/mol. The van der Waals surface area contributed by atoms with E-state index in [0.717, 1.165) is 16.4 Å². The molecule has 8 heteroatoms. The fourth-order valence-electron chi connectivity index (χ4n) is 2.07. The molecule has 2 aromatic rings. The Morgan fingerprint density at radius 3 is 2.52 bits per heavy atom. The van der Waals surface area contributed by atoms with Gasteiger partial charge in [0, 0.05) is 6.54 Å². The minimum absolute atomic E-state index is 0.211. The summed E-state index contributed by atoms with van der Waals surface area (Å²) >= 11 is 0. The van der Waals surface area contributed by atoms with Crippen LogP contribution in [0.2, 0.25) is 0 Å². The molecule has 2 rings (SSSR count). The third-order valence-electron chi connectivity index (χ3n) is 3.23. The normalized spacial score (nSPS) is 11.5. The van der Waals surface area contributed by atoms with E-state index in [0.29, 0.717) is 13.0 Å². The predicted octanol–water partition coefficient (Wildman–Crippen LogP) is 2.28. The molecule has 0 saturated heterocycles. The molecule has 0 radical (unpaired) electrons. The van der Waals surface area contributed by atoms with E-state index < -0.39 is 23.3 Å². The Labute approximate surface area is 131 Å². The van der Waals surface area contributed by atoms with Gasteiger partial charge in [-0.2, -0.15) is 18.3 Å². The second-order valence-electron chi connectivity index (χ2n) is 5.05. The Morgan fingerprint density at radius 1 is 1.30 bits per heavy atom. The van der Waals surface area contributed by atoms with Crippen LogP contribution in [0.5, 0.6) is 0 Å². The number of halogens is 3. The summed E-state index contributed by atoms with van der Waals surface area (Å²) in [6, 6.07) is 6.40. The predicted molar refractivity (Wildman–Crippen MR) is 79.3 cm³/mol. The van der Waals surface area contributed by atoms with Crippen molar-refractivity contribution in [3.63, 3.8) is 0 Å². The summed E-state index contributed by atoms with van der Waals surface area (Å²) in [6.07, 6.45) is -3.29. The van der Waals surface area contributed by atoms with Crippen LogP contribution >= 0.6 is 0 Å². The summed E-state index contributed by atoms with van der Waals surface area (Å²) < 4.78 is 40.9. The maximum absolute atomic E-state index is 13.4. The third kappa shape index (κ3) is 3.89. The van der Waals surface area contributed by atoms with Crippen molar-refractivity contribution in [2.75, 3.05) is 13.1 Å². The summed E-state index contributed by atoms with van der Waals surface area (Å²) in [7, 11) is 0. The molecule has 3 N–H and O–H groups in total. The SMILES string of the molecule is Cc1ccc(-n2ncc(C(=O)NCCCN)c2C(F)(F)F)cc1. The average Bonchev–Trinajstić information content (AvgIpc) is 2.93. The van der Waals surface area contributed by atoms with Crippen LogP contribution in [0.3, 0.4) is 0 Å². The molecule has 1 aromatic carbocycles. The number of alkyl halides is 3. The zero-order valence-electron chi connectivity index (χ0n) is 12.5. The van der Waals surface area contributed by atoms with Crippen LogP contribution in [0.1, 0.15) is 28.0 Å². The van der Waals surface area contributed by atoms with Gasteiger partial charge in [0.15, 0.2) is 5.69 Å². The first-order chi connectivity index (χ1) is 10.8. The lowest BCUT2D eigenvalue weighted by atomic mass is 10.2. The molecule has 1 aromatic heterocycles. The highest BCUT2D eigenvalue weighted by atomic mass is 19.4. The van der Waals surface area contributed by atoms with Crippen LogP contribution in [-0.4, -0.2) is 28.8 Å². The van der Waals surface area contributed by atoms with Crippen LogP contribution < -0.4 is 11.1 Å². The van der Waals surface area contributed by atoms with Gasteiger partial charge < -0.3 is 11.1 Å². The van der Waals surface area contributed by atoms with Crippen LogP contribution in [0.25, 0.3) is 5.69 Å². The number of hydrogen-bond acceptors (Lipinski definition) is 3. The van der Waals surface area contributed by atoms with E-state index in [9.17, 15) is 18.0 Å². The summed E-state index contributed by atoms with van der Waals surface area (Å²) in [4.78, 5) is 12.0. The molecule has 124 valence electrons. The molecular formula is C15H17F3N4O. The Hall–Kier alpha value is -2.35. The second-order valence-corrected chi connectivity index (χ2v) is 5.05. The minimum Gasteiger partial charge on any atom is -0.352 e. The monoisotopic (exact) mass is 326 g/mol. The molecule has 5 nitrogen and oxygen atoms in total. The molecule has 0 aliphatic carbocycles. The van der Waals surface area contributed by atoms with Gasteiger partial charge in [0.05, 0.1) is 17.4 Å². The lowest BCUT2D eigenvalue weighted by molar-refractivity contribution is -0.143. The van der Waals surface area contributed by atoms with Crippen molar-refractivity contribution in [3.8, 4) is 5.69 Å². The molecule has 0 fully saturated rings. The zero-order chi connectivity index (χ0) is 17.0. The number of aromatic nitrogens is 2. The van der Waals surface area contributed by atoms with Crippen molar-refractivity contribution in [1.29, 1.82) is 0 Å². The molecular weight excluding hydrogens is 309 g/mol. The van der Waals surface area contributed by atoms with Crippen molar-refractivity contribution in [2.24, 2.45) is 5.73 Å². The Morgan fingerprint density at radius 2 is 1.96 bits per heavy atom. The van der Waals surface area contributed by atoms with Crippen molar-refractivity contribution in [1.82, 2.24) is 15.1 Å². The van der Waals surface area contributed by atoms with E-state index >= 15 is 0 Å². The molecule has 0 saturated carbocycles. The highest BCUT2D eigenvalue weighted by Gasteiger charge is 2.40. The van der Waals surface area contributed by atoms with Crippen molar-refractivity contribution in [2.45, 2.75) is 19.5 Å². The molecule has 23 heavy (non-hydrogen) atoms. The largest absolute Gasteiger partial charge is 0.434 e. The smallest absolute Gasteiger partial charge is 0.352 e. The third-order valence-corrected chi connectivity index (χ3v) is 3.23. The molecule has 1 amide bonds. The summed E-state index contributed by atoms with van der Waals surface area (Å²) in [6.45, 7) is 2.38. The maximum atomic E-state index is 13.4. The standard InChI is InChI=1S/C15H17F3N4O/c1-10-3-5-11(6-4-10)22-13(15(16,17)18)12(9-21-22)14(23)20-8-2-7-19/h3-6,9H,2,7-8,19H2,1H3,(H,20,23). The van der Waals surface area contributed by atoms with Gasteiger partial charge in [0.2, 0.25) is 0 Å². The molecule has 0 aliphatic rings. The summed E-state index contributed by atoms with van der Waals surface area (Å²) in [5, 5.41) is 6.16. The van der Waals surface area contributed by atoms with Crippen LogP contribution in [-0.2, 0) is 6.18 Å². The van der Waals surface area contributed by atoms with E-state index in [4.69, 9.17) is 5.73 Å². The number of hydrogen-bond donors (Lipinski definition) is 2. The van der Waals surface area contributed by atoms with E-state index in [2.05, 4.69) is 10.4 Å². The van der Waals surface area contributed by atoms with E-state index in [1.807, 2.05) is 6.92 Å². The first kappa shape index (κ1) is 17.0.